The van der Waals surface area contributed by atoms with Gasteiger partial charge in [0.05, 0.1) is 19.8 Å². The molecule has 0 N–H and O–H groups in total. The molecule has 132 valence electrons. The summed E-state index contributed by atoms with van der Waals surface area (Å²) in [6.07, 6.45) is 0.834. The molecule has 6 heteroatoms. The fraction of sp³-hybridized carbons (Fsp3) is 0.556. The molecule has 1 aromatic rings. The lowest BCUT2D eigenvalue weighted by atomic mass is 10.1. The predicted molar refractivity (Wildman–Crippen MR) is 91.5 cm³/mol. The third-order valence-corrected chi connectivity index (χ3v) is 4.55. The van der Waals surface area contributed by atoms with Crippen molar-refractivity contribution >= 4 is 11.8 Å². The van der Waals surface area contributed by atoms with E-state index in [4.69, 9.17) is 9.47 Å². The van der Waals surface area contributed by atoms with Crippen molar-refractivity contribution in [1.29, 1.82) is 0 Å². The summed E-state index contributed by atoms with van der Waals surface area (Å²) >= 11 is 0. The van der Waals surface area contributed by atoms with Crippen molar-refractivity contribution < 1.29 is 19.1 Å². The van der Waals surface area contributed by atoms with E-state index in [-0.39, 0.29) is 17.7 Å². The third-order valence-electron chi connectivity index (χ3n) is 4.55. The Morgan fingerprint density at radius 1 is 1.08 bits per heavy atom. The molecule has 1 saturated heterocycles. The summed E-state index contributed by atoms with van der Waals surface area (Å²) in [5, 5.41) is 0. The zero-order valence-electron chi connectivity index (χ0n) is 14.9. The summed E-state index contributed by atoms with van der Waals surface area (Å²) in [6.45, 7) is 6.19. The highest BCUT2D eigenvalue weighted by atomic mass is 16.5. The van der Waals surface area contributed by atoms with Gasteiger partial charge in [0, 0.05) is 38.2 Å². The van der Waals surface area contributed by atoms with Crippen molar-refractivity contribution in [3.63, 3.8) is 0 Å². The number of benzene rings is 1. The van der Waals surface area contributed by atoms with Crippen LogP contribution in [0.5, 0.6) is 11.5 Å². The minimum atomic E-state index is -0.0786. The Morgan fingerprint density at radius 3 is 2.25 bits per heavy atom. The highest BCUT2D eigenvalue weighted by Gasteiger charge is 2.28. The maximum absolute atomic E-state index is 12.7. The summed E-state index contributed by atoms with van der Waals surface area (Å²) < 4.78 is 10.5. The first kappa shape index (κ1) is 18.1. The highest BCUT2D eigenvalue weighted by Crippen LogP contribution is 2.26. The highest BCUT2D eigenvalue weighted by molar-refractivity contribution is 5.97. The lowest BCUT2D eigenvalue weighted by molar-refractivity contribution is -0.136. The molecule has 1 atom stereocenters. The van der Waals surface area contributed by atoms with Crippen LogP contribution in [0.15, 0.2) is 18.2 Å². The van der Waals surface area contributed by atoms with E-state index in [0.29, 0.717) is 43.2 Å². The maximum atomic E-state index is 12.7. The number of piperazine rings is 1. The van der Waals surface area contributed by atoms with Gasteiger partial charge in [-0.2, -0.15) is 0 Å². The van der Waals surface area contributed by atoms with Crippen LogP contribution in [-0.4, -0.2) is 62.0 Å². The van der Waals surface area contributed by atoms with Crippen LogP contribution in [-0.2, 0) is 4.79 Å². The Balaban J connectivity index is 2.04. The number of nitrogens with zero attached hydrogens (tertiary/aromatic N) is 2. The Bertz CT molecular complexity index is 595. The van der Waals surface area contributed by atoms with Gasteiger partial charge in [-0.05, 0) is 18.6 Å². The molecule has 0 bridgehead atoms. The standard InChI is InChI=1S/C18H26N2O4/c1-5-13(2)17(21)19-8-10-20(11-9-19)18(22)15-7-6-14(23-3)12-16(15)24-4/h6-7,12-13H,5,8-11H2,1-4H3. The first-order valence-electron chi connectivity index (χ1n) is 8.31. The van der Waals surface area contributed by atoms with E-state index in [1.54, 1.807) is 30.2 Å². The minimum absolute atomic E-state index is 0.0360. The molecular formula is C18H26N2O4. The first-order chi connectivity index (χ1) is 11.5. The van der Waals surface area contributed by atoms with Gasteiger partial charge >= 0.3 is 0 Å². The minimum Gasteiger partial charge on any atom is -0.497 e. The molecule has 24 heavy (non-hydrogen) atoms. The average molecular weight is 334 g/mol. The largest absolute Gasteiger partial charge is 0.497 e. The quantitative estimate of drug-likeness (QED) is 0.827. The molecular weight excluding hydrogens is 308 g/mol. The Morgan fingerprint density at radius 2 is 1.71 bits per heavy atom. The van der Waals surface area contributed by atoms with Gasteiger partial charge in [0.1, 0.15) is 11.5 Å². The van der Waals surface area contributed by atoms with Gasteiger partial charge in [-0.25, -0.2) is 0 Å². The predicted octanol–water partition coefficient (Wildman–Crippen LogP) is 2.03. The van der Waals surface area contributed by atoms with E-state index in [1.165, 1.54) is 7.11 Å². The molecule has 0 spiro atoms. The average Bonchev–Trinajstić information content (AvgIpc) is 2.65. The summed E-state index contributed by atoms with van der Waals surface area (Å²) in [5.74, 6) is 1.27. The molecule has 1 fully saturated rings. The SMILES string of the molecule is CCC(C)C(=O)N1CCN(C(=O)c2ccc(OC)cc2OC)CC1. The Labute approximate surface area is 143 Å². The van der Waals surface area contributed by atoms with E-state index in [9.17, 15) is 9.59 Å². The zero-order valence-corrected chi connectivity index (χ0v) is 14.9. The lowest BCUT2D eigenvalue weighted by Crippen LogP contribution is -2.51. The smallest absolute Gasteiger partial charge is 0.257 e. The second kappa shape index (κ2) is 8.04. The maximum Gasteiger partial charge on any atom is 0.257 e. The van der Waals surface area contributed by atoms with Crippen LogP contribution in [0.2, 0.25) is 0 Å². The van der Waals surface area contributed by atoms with Crippen LogP contribution < -0.4 is 9.47 Å². The van der Waals surface area contributed by atoms with Crippen LogP contribution in [0.3, 0.4) is 0 Å². The molecule has 2 rings (SSSR count). The molecule has 1 aliphatic rings. The Hall–Kier alpha value is -2.24. The van der Waals surface area contributed by atoms with Crippen molar-refractivity contribution in [2.75, 3.05) is 40.4 Å². The van der Waals surface area contributed by atoms with Gasteiger partial charge in [-0.1, -0.05) is 13.8 Å². The number of carbonyl (C=O) groups excluding carboxylic acids is 2. The van der Waals surface area contributed by atoms with Crippen LogP contribution >= 0.6 is 0 Å². The van der Waals surface area contributed by atoms with Gasteiger partial charge in [0.25, 0.3) is 5.91 Å². The van der Waals surface area contributed by atoms with Crippen molar-refractivity contribution in [1.82, 2.24) is 9.80 Å². The monoisotopic (exact) mass is 334 g/mol. The summed E-state index contributed by atoms with van der Waals surface area (Å²) in [6, 6.07) is 5.17. The second-order valence-electron chi connectivity index (χ2n) is 5.99. The molecule has 0 aromatic heterocycles. The Kier molecular flexibility index (Phi) is 6.06. The number of hydrogen-bond donors (Lipinski definition) is 0. The molecule has 0 radical (unpaired) electrons. The number of amides is 2. The molecule has 1 heterocycles. The van der Waals surface area contributed by atoms with E-state index in [0.717, 1.165) is 6.42 Å². The molecule has 1 aromatic carbocycles. The number of methoxy groups -OCH3 is 2. The fourth-order valence-corrected chi connectivity index (χ4v) is 2.76. The molecule has 6 nitrogen and oxygen atoms in total. The van der Waals surface area contributed by atoms with E-state index < -0.39 is 0 Å². The van der Waals surface area contributed by atoms with Gasteiger partial charge in [0.2, 0.25) is 5.91 Å². The van der Waals surface area contributed by atoms with Crippen LogP contribution in [0.1, 0.15) is 30.6 Å². The normalized spacial score (nSPS) is 15.8. The van der Waals surface area contributed by atoms with Gasteiger partial charge in [-0.15, -0.1) is 0 Å². The lowest BCUT2D eigenvalue weighted by Gasteiger charge is -2.36. The van der Waals surface area contributed by atoms with Crippen LogP contribution in [0, 0.1) is 5.92 Å². The van der Waals surface area contributed by atoms with Gasteiger partial charge in [-0.3, -0.25) is 9.59 Å². The number of ether oxygens (including phenoxy) is 2. The second-order valence-corrected chi connectivity index (χ2v) is 5.99. The number of hydrogen-bond acceptors (Lipinski definition) is 4. The van der Waals surface area contributed by atoms with Gasteiger partial charge in [0.15, 0.2) is 0 Å². The van der Waals surface area contributed by atoms with Crippen molar-refractivity contribution in [2.24, 2.45) is 5.92 Å². The molecule has 1 aliphatic heterocycles. The van der Waals surface area contributed by atoms with E-state index in [2.05, 4.69) is 0 Å². The van der Waals surface area contributed by atoms with Crippen molar-refractivity contribution in [3.05, 3.63) is 23.8 Å². The summed E-state index contributed by atoms with van der Waals surface area (Å²) in [4.78, 5) is 28.6. The van der Waals surface area contributed by atoms with E-state index >= 15 is 0 Å². The number of carbonyl (C=O) groups is 2. The van der Waals surface area contributed by atoms with Crippen LogP contribution in [0.4, 0.5) is 0 Å². The first-order valence-corrected chi connectivity index (χ1v) is 8.31. The molecule has 0 aliphatic carbocycles. The topological polar surface area (TPSA) is 59.1 Å². The summed E-state index contributed by atoms with van der Waals surface area (Å²) in [7, 11) is 3.11. The molecule has 1 unspecified atom stereocenters. The van der Waals surface area contributed by atoms with Crippen LogP contribution in [0.25, 0.3) is 0 Å². The van der Waals surface area contributed by atoms with Crippen molar-refractivity contribution in [2.45, 2.75) is 20.3 Å². The van der Waals surface area contributed by atoms with E-state index in [1.807, 2.05) is 18.7 Å². The fourth-order valence-electron chi connectivity index (χ4n) is 2.76. The molecule has 0 saturated carbocycles. The molecule has 2 amide bonds. The van der Waals surface area contributed by atoms with Gasteiger partial charge < -0.3 is 19.3 Å². The summed E-state index contributed by atoms with van der Waals surface area (Å²) in [5.41, 5.74) is 0.514. The number of rotatable bonds is 5. The third kappa shape index (κ3) is 3.80. The zero-order chi connectivity index (χ0) is 17.7. The van der Waals surface area contributed by atoms with Crippen molar-refractivity contribution in [3.8, 4) is 11.5 Å².